The molecule has 24 heavy (non-hydrogen) atoms. The van der Waals surface area contributed by atoms with Crippen molar-refractivity contribution in [1.82, 2.24) is 9.97 Å². The quantitative estimate of drug-likeness (QED) is 0.342. The average Bonchev–Trinajstić information content (AvgIpc) is 2.55. The second kappa shape index (κ2) is 5.92. The summed E-state index contributed by atoms with van der Waals surface area (Å²) >= 11 is 0. The number of nitrogens with one attached hydrogen (secondary N) is 1. The summed E-state index contributed by atoms with van der Waals surface area (Å²) in [5, 5.41) is 10.9. The Labute approximate surface area is 134 Å². The van der Waals surface area contributed by atoms with Gasteiger partial charge in [-0.2, -0.15) is 0 Å². The summed E-state index contributed by atoms with van der Waals surface area (Å²) in [6.07, 6.45) is 1.24. The van der Waals surface area contributed by atoms with Gasteiger partial charge in [0.15, 0.2) is 0 Å². The normalized spacial score (nSPS) is 10.5. The molecular formula is C16H11N3O5. The van der Waals surface area contributed by atoms with Gasteiger partial charge >= 0.3 is 5.97 Å². The Kier molecular flexibility index (Phi) is 3.78. The van der Waals surface area contributed by atoms with Crippen LogP contribution in [-0.2, 0) is 0 Å². The van der Waals surface area contributed by atoms with Crippen LogP contribution in [0.3, 0.4) is 0 Å². The minimum Gasteiger partial charge on any atom is -0.423 e. The lowest BCUT2D eigenvalue weighted by Crippen LogP contribution is -2.20. The third-order valence-corrected chi connectivity index (χ3v) is 3.35. The summed E-state index contributed by atoms with van der Waals surface area (Å²) in [5.74, 6) is -0.750. The van der Waals surface area contributed by atoms with E-state index in [1.807, 2.05) is 0 Å². The van der Waals surface area contributed by atoms with Gasteiger partial charge in [0, 0.05) is 24.0 Å². The molecule has 2 aromatic heterocycles. The molecule has 1 aromatic carbocycles. The number of benzene rings is 1. The van der Waals surface area contributed by atoms with Crippen molar-refractivity contribution in [3.8, 4) is 5.75 Å². The highest BCUT2D eigenvalue weighted by atomic mass is 16.6. The van der Waals surface area contributed by atoms with E-state index in [4.69, 9.17) is 4.74 Å². The van der Waals surface area contributed by atoms with Gasteiger partial charge in [-0.1, -0.05) is 0 Å². The van der Waals surface area contributed by atoms with E-state index in [2.05, 4.69) is 9.97 Å². The first-order valence-corrected chi connectivity index (χ1v) is 6.91. The van der Waals surface area contributed by atoms with E-state index >= 15 is 0 Å². The number of aromatic amines is 1. The highest BCUT2D eigenvalue weighted by Crippen LogP contribution is 2.18. The molecule has 0 unspecified atom stereocenters. The Morgan fingerprint density at radius 1 is 1.21 bits per heavy atom. The van der Waals surface area contributed by atoms with Gasteiger partial charge in [-0.25, -0.2) is 9.78 Å². The summed E-state index contributed by atoms with van der Waals surface area (Å²) in [6, 6.07) is 8.24. The van der Waals surface area contributed by atoms with Crippen molar-refractivity contribution in [2.24, 2.45) is 0 Å². The molecular weight excluding hydrogens is 314 g/mol. The molecule has 120 valence electrons. The fourth-order valence-electron chi connectivity index (χ4n) is 2.15. The average molecular weight is 325 g/mol. The molecule has 8 heteroatoms. The minimum atomic E-state index is -0.854. The maximum atomic E-state index is 12.4. The van der Waals surface area contributed by atoms with Crippen LogP contribution in [-0.4, -0.2) is 20.9 Å². The van der Waals surface area contributed by atoms with Crippen molar-refractivity contribution in [3.63, 3.8) is 0 Å². The monoisotopic (exact) mass is 325 g/mol. The Hall–Kier alpha value is -3.55. The van der Waals surface area contributed by atoms with Crippen LogP contribution in [0, 0.1) is 17.0 Å². The molecule has 0 amide bonds. The van der Waals surface area contributed by atoms with Gasteiger partial charge in [-0.05, 0) is 31.2 Å². The zero-order valence-electron chi connectivity index (χ0n) is 12.5. The van der Waals surface area contributed by atoms with Crippen LogP contribution in [0.5, 0.6) is 5.75 Å². The molecule has 0 aliphatic rings. The standard InChI is InChI=1S/C16H11N3O5/c1-9-2-7-12-14(20)13(8-17-15(12)18-9)16(21)24-11-5-3-10(4-6-11)19(22)23/h2-8H,1H3,(H,17,18,20). The van der Waals surface area contributed by atoms with Crippen LogP contribution in [0.2, 0.25) is 0 Å². The molecule has 1 N–H and O–H groups in total. The zero-order valence-corrected chi connectivity index (χ0v) is 12.5. The van der Waals surface area contributed by atoms with E-state index in [1.54, 1.807) is 19.1 Å². The smallest absolute Gasteiger partial charge is 0.349 e. The number of nitro benzene ring substituents is 1. The predicted molar refractivity (Wildman–Crippen MR) is 85.2 cm³/mol. The number of aromatic nitrogens is 2. The number of carbonyl (C=O) groups excluding carboxylic acids is 1. The molecule has 3 aromatic rings. The number of nitrogens with zero attached hydrogens (tertiary/aromatic N) is 2. The van der Waals surface area contributed by atoms with Gasteiger partial charge in [-0.15, -0.1) is 0 Å². The maximum absolute atomic E-state index is 12.4. The van der Waals surface area contributed by atoms with Gasteiger partial charge in [0.25, 0.3) is 5.69 Å². The van der Waals surface area contributed by atoms with Gasteiger partial charge in [0.1, 0.15) is 17.0 Å². The molecule has 0 saturated carbocycles. The second-order valence-corrected chi connectivity index (χ2v) is 5.02. The minimum absolute atomic E-state index is 0.104. The summed E-state index contributed by atoms with van der Waals surface area (Å²) in [6.45, 7) is 1.79. The van der Waals surface area contributed by atoms with Crippen LogP contribution in [0.25, 0.3) is 11.0 Å². The molecule has 8 nitrogen and oxygen atoms in total. The molecule has 3 rings (SSSR count). The van der Waals surface area contributed by atoms with E-state index in [-0.39, 0.29) is 22.4 Å². The van der Waals surface area contributed by atoms with Crippen LogP contribution in [0.4, 0.5) is 5.69 Å². The van der Waals surface area contributed by atoms with Crippen molar-refractivity contribution in [1.29, 1.82) is 0 Å². The fourth-order valence-corrected chi connectivity index (χ4v) is 2.15. The number of non-ortho nitro benzene ring substituents is 1. The SMILES string of the molecule is Cc1ccc2c(=O)c(C(=O)Oc3ccc([N+](=O)[O-])cc3)c[nH]c2n1. The largest absolute Gasteiger partial charge is 0.423 e. The van der Waals surface area contributed by atoms with Crippen molar-refractivity contribution in [2.45, 2.75) is 6.92 Å². The number of hydrogen-bond acceptors (Lipinski definition) is 6. The van der Waals surface area contributed by atoms with Crippen molar-refractivity contribution in [2.75, 3.05) is 0 Å². The first-order valence-electron chi connectivity index (χ1n) is 6.91. The Morgan fingerprint density at radius 2 is 1.92 bits per heavy atom. The Balaban J connectivity index is 1.91. The highest BCUT2D eigenvalue weighted by molar-refractivity contribution is 5.94. The number of rotatable bonds is 3. The van der Waals surface area contributed by atoms with Crippen LogP contribution < -0.4 is 10.2 Å². The number of fused-ring (bicyclic) bond motifs is 1. The van der Waals surface area contributed by atoms with Gasteiger partial charge in [0.2, 0.25) is 5.43 Å². The summed E-state index contributed by atoms with van der Waals surface area (Å²) in [7, 11) is 0. The van der Waals surface area contributed by atoms with Crippen LogP contribution in [0.15, 0.2) is 47.4 Å². The molecule has 0 spiro atoms. The van der Waals surface area contributed by atoms with E-state index in [9.17, 15) is 19.7 Å². The zero-order chi connectivity index (χ0) is 17.3. The van der Waals surface area contributed by atoms with E-state index in [1.165, 1.54) is 30.5 Å². The number of H-pyrrole nitrogens is 1. The number of carbonyl (C=O) groups is 1. The third-order valence-electron chi connectivity index (χ3n) is 3.35. The molecule has 0 atom stereocenters. The van der Waals surface area contributed by atoms with Crippen molar-refractivity contribution >= 4 is 22.7 Å². The lowest BCUT2D eigenvalue weighted by Gasteiger charge is -2.05. The number of esters is 1. The molecule has 0 saturated heterocycles. The number of pyridine rings is 2. The number of ether oxygens (including phenoxy) is 1. The van der Waals surface area contributed by atoms with E-state index in [0.717, 1.165) is 5.69 Å². The molecule has 0 radical (unpaired) electrons. The molecule has 0 bridgehead atoms. The van der Waals surface area contributed by atoms with E-state index < -0.39 is 16.3 Å². The van der Waals surface area contributed by atoms with E-state index in [0.29, 0.717) is 5.65 Å². The summed E-state index contributed by atoms with van der Waals surface area (Å²) < 4.78 is 5.09. The van der Waals surface area contributed by atoms with Gasteiger partial charge < -0.3 is 9.72 Å². The molecule has 0 fully saturated rings. The first kappa shape index (κ1) is 15.3. The fraction of sp³-hybridized carbons (Fsp3) is 0.0625. The lowest BCUT2D eigenvalue weighted by molar-refractivity contribution is -0.384. The third kappa shape index (κ3) is 2.84. The van der Waals surface area contributed by atoms with Crippen LogP contribution >= 0.6 is 0 Å². The van der Waals surface area contributed by atoms with Crippen LogP contribution in [0.1, 0.15) is 16.1 Å². The number of nitro groups is 1. The number of hydrogen-bond donors (Lipinski definition) is 1. The Morgan fingerprint density at radius 3 is 2.58 bits per heavy atom. The maximum Gasteiger partial charge on any atom is 0.349 e. The van der Waals surface area contributed by atoms with Gasteiger partial charge in [-0.3, -0.25) is 14.9 Å². The first-order chi connectivity index (χ1) is 11.5. The lowest BCUT2D eigenvalue weighted by atomic mass is 10.2. The second-order valence-electron chi connectivity index (χ2n) is 5.02. The molecule has 0 aliphatic heterocycles. The molecule has 2 heterocycles. The summed E-state index contributed by atoms with van der Waals surface area (Å²) in [4.78, 5) is 41.5. The van der Waals surface area contributed by atoms with Gasteiger partial charge in [0.05, 0.1) is 10.3 Å². The topological polar surface area (TPSA) is 115 Å². The highest BCUT2D eigenvalue weighted by Gasteiger charge is 2.16. The predicted octanol–water partition coefficient (Wildman–Crippen LogP) is 2.36. The van der Waals surface area contributed by atoms with Crippen molar-refractivity contribution in [3.05, 3.63) is 74.2 Å². The molecule has 0 aliphatic carbocycles. The van der Waals surface area contributed by atoms with Crippen molar-refractivity contribution < 1.29 is 14.5 Å². The summed E-state index contributed by atoms with van der Waals surface area (Å²) in [5.41, 5.74) is 0.320. The number of aryl methyl sites for hydroxylation is 1. The Bertz CT molecular complexity index is 1010.